The van der Waals surface area contributed by atoms with Gasteiger partial charge in [0.25, 0.3) is 0 Å². The second-order valence-electron chi connectivity index (χ2n) is 4.66. The van der Waals surface area contributed by atoms with Crippen molar-refractivity contribution in [2.45, 2.75) is 13.5 Å². The Morgan fingerprint density at radius 1 is 1.12 bits per heavy atom. The fourth-order valence-corrected chi connectivity index (χ4v) is 5.25. The van der Waals surface area contributed by atoms with Crippen LogP contribution in [0.15, 0.2) is 24.3 Å². The molecule has 1 rings (SSSR count). The largest absolute Gasteiger partial charge is 0.268 e. The summed E-state index contributed by atoms with van der Waals surface area (Å²) in [5.41, 5.74) is 2.66. The third-order valence-corrected chi connectivity index (χ3v) is 6.86. The molecule has 1 unspecified atom stereocenters. The summed E-state index contributed by atoms with van der Waals surface area (Å²) in [6, 6.07) is 8.71. The zero-order chi connectivity index (χ0) is 12.8. The van der Waals surface area contributed by atoms with Crippen LogP contribution in [0.1, 0.15) is 11.1 Å². The van der Waals surface area contributed by atoms with E-state index in [-0.39, 0.29) is 7.92 Å². The first-order chi connectivity index (χ1) is 7.99. The van der Waals surface area contributed by atoms with Crippen LogP contribution in [0.2, 0.25) is 0 Å². The molecule has 0 aliphatic carbocycles. The molecule has 1 nitrogen and oxygen atoms in total. The van der Waals surface area contributed by atoms with Crippen molar-refractivity contribution >= 4 is 26.6 Å². The average Bonchev–Trinajstić information content (AvgIpc) is 2.28. The molecule has 0 aliphatic heterocycles. The summed E-state index contributed by atoms with van der Waals surface area (Å²) < 4.78 is 2.29. The number of halogens is 1. The Kier molecular flexibility index (Phi) is 6.97. The van der Waals surface area contributed by atoms with E-state index >= 15 is 0 Å². The van der Waals surface area contributed by atoms with Crippen LogP contribution in [0, 0.1) is 6.92 Å². The number of aryl methyl sites for hydroxylation is 1. The van der Waals surface area contributed by atoms with E-state index in [0.717, 1.165) is 12.7 Å². The minimum atomic E-state index is -0.484. The van der Waals surface area contributed by atoms with Gasteiger partial charge in [-0.3, -0.25) is 4.67 Å². The standard InChI is InChI=1S/C13H22ClNP2/c1-12-5-7-13(8-6-12)11-15(2)17(14)10-9-16(3)4/h5-8H,9-11H2,1-4H3. The highest BCUT2D eigenvalue weighted by molar-refractivity contribution is 7.82. The van der Waals surface area contributed by atoms with Gasteiger partial charge in [0, 0.05) is 6.54 Å². The summed E-state index contributed by atoms with van der Waals surface area (Å²) in [5.74, 6) is 0. The first-order valence-electron chi connectivity index (χ1n) is 5.83. The summed E-state index contributed by atoms with van der Waals surface area (Å²) in [5, 5.41) is 0. The Hall–Kier alpha value is 0.330. The Morgan fingerprint density at radius 3 is 2.24 bits per heavy atom. The Bertz CT molecular complexity index is 327. The molecule has 0 saturated carbocycles. The molecule has 96 valence electrons. The van der Waals surface area contributed by atoms with Crippen molar-refractivity contribution in [2.75, 3.05) is 32.7 Å². The molecule has 0 amide bonds. The summed E-state index contributed by atoms with van der Waals surface area (Å²) in [4.78, 5) is 0. The fourth-order valence-electron chi connectivity index (χ4n) is 1.49. The molecule has 0 spiro atoms. The predicted octanol–water partition coefficient (Wildman–Crippen LogP) is 4.72. The summed E-state index contributed by atoms with van der Waals surface area (Å²) >= 11 is 6.46. The van der Waals surface area contributed by atoms with Crippen LogP contribution in [0.4, 0.5) is 0 Å². The normalized spacial score (nSPS) is 13.4. The smallest absolute Gasteiger partial charge is 0.0629 e. The molecule has 1 aromatic carbocycles. The average molecular weight is 290 g/mol. The topological polar surface area (TPSA) is 3.24 Å². The van der Waals surface area contributed by atoms with Gasteiger partial charge in [0.1, 0.15) is 0 Å². The molecule has 0 bridgehead atoms. The van der Waals surface area contributed by atoms with Gasteiger partial charge in [0.2, 0.25) is 0 Å². The van der Waals surface area contributed by atoms with Crippen LogP contribution < -0.4 is 0 Å². The van der Waals surface area contributed by atoms with E-state index in [0.29, 0.717) is 0 Å². The van der Waals surface area contributed by atoms with Crippen molar-refractivity contribution in [1.29, 1.82) is 0 Å². The van der Waals surface area contributed by atoms with Crippen molar-refractivity contribution < 1.29 is 0 Å². The maximum atomic E-state index is 6.46. The second kappa shape index (κ2) is 7.70. The SMILES string of the molecule is Cc1ccc(CN(C)P(Cl)CCP(C)C)cc1. The Labute approximate surface area is 113 Å². The van der Waals surface area contributed by atoms with Gasteiger partial charge in [-0.2, -0.15) is 0 Å². The van der Waals surface area contributed by atoms with Gasteiger partial charge in [-0.15, -0.1) is 7.92 Å². The lowest BCUT2D eigenvalue weighted by atomic mass is 10.1. The first kappa shape index (κ1) is 15.4. The van der Waals surface area contributed by atoms with Crippen LogP contribution in [-0.2, 0) is 6.54 Å². The lowest BCUT2D eigenvalue weighted by molar-refractivity contribution is 0.551. The quantitative estimate of drug-likeness (QED) is 0.685. The van der Waals surface area contributed by atoms with Gasteiger partial charge in [0.15, 0.2) is 0 Å². The maximum absolute atomic E-state index is 6.46. The highest BCUT2D eigenvalue weighted by atomic mass is 35.7. The third-order valence-electron chi connectivity index (χ3n) is 2.63. The van der Waals surface area contributed by atoms with Crippen LogP contribution >= 0.6 is 26.6 Å². The number of hydrogen-bond acceptors (Lipinski definition) is 1. The van der Waals surface area contributed by atoms with E-state index in [1.165, 1.54) is 17.3 Å². The lowest BCUT2D eigenvalue weighted by Gasteiger charge is -2.23. The van der Waals surface area contributed by atoms with Crippen LogP contribution in [0.3, 0.4) is 0 Å². The van der Waals surface area contributed by atoms with Gasteiger partial charge in [-0.05, 0) is 45.2 Å². The molecule has 0 fully saturated rings. The molecule has 0 aliphatic rings. The minimum absolute atomic E-state index is 0.184. The number of benzene rings is 1. The summed E-state index contributed by atoms with van der Waals surface area (Å²) in [6.45, 7) is 7.71. The van der Waals surface area contributed by atoms with Crippen molar-refractivity contribution in [3.63, 3.8) is 0 Å². The Balaban J connectivity index is 2.42. The van der Waals surface area contributed by atoms with E-state index in [4.69, 9.17) is 11.2 Å². The van der Waals surface area contributed by atoms with Gasteiger partial charge in [0.05, 0.1) is 7.43 Å². The van der Waals surface area contributed by atoms with Crippen molar-refractivity contribution in [1.82, 2.24) is 4.67 Å². The van der Waals surface area contributed by atoms with Crippen LogP contribution in [0.25, 0.3) is 0 Å². The monoisotopic (exact) mass is 289 g/mol. The van der Waals surface area contributed by atoms with Crippen LogP contribution in [-0.4, -0.2) is 37.4 Å². The number of rotatable bonds is 6. The molecule has 0 aromatic heterocycles. The van der Waals surface area contributed by atoms with E-state index in [2.05, 4.69) is 56.2 Å². The molecule has 0 saturated heterocycles. The zero-order valence-electron chi connectivity index (χ0n) is 11.2. The van der Waals surface area contributed by atoms with E-state index in [1.807, 2.05) is 0 Å². The maximum Gasteiger partial charge on any atom is 0.0629 e. The van der Waals surface area contributed by atoms with Gasteiger partial charge < -0.3 is 0 Å². The molecule has 17 heavy (non-hydrogen) atoms. The van der Waals surface area contributed by atoms with Crippen LogP contribution in [0.5, 0.6) is 0 Å². The summed E-state index contributed by atoms with van der Waals surface area (Å²) in [7, 11) is 1.83. The molecule has 0 heterocycles. The number of nitrogens with zero attached hydrogens (tertiary/aromatic N) is 1. The predicted molar refractivity (Wildman–Crippen MR) is 83.9 cm³/mol. The molecule has 0 N–H and O–H groups in total. The molecular formula is C13H22ClNP2. The summed E-state index contributed by atoms with van der Waals surface area (Å²) in [6.07, 6.45) is 2.43. The van der Waals surface area contributed by atoms with Gasteiger partial charge >= 0.3 is 0 Å². The first-order valence-corrected chi connectivity index (χ1v) is 10.6. The van der Waals surface area contributed by atoms with Gasteiger partial charge in [-0.25, -0.2) is 0 Å². The van der Waals surface area contributed by atoms with Gasteiger partial charge in [-0.1, -0.05) is 41.1 Å². The van der Waals surface area contributed by atoms with Crippen molar-refractivity contribution in [3.05, 3.63) is 35.4 Å². The van der Waals surface area contributed by atoms with Crippen molar-refractivity contribution in [3.8, 4) is 0 Å². The molecule has 1 atom stereocenters. The zero-order valence-corrected chi connectivity index (χ0v) is 13.7. The van der Waals surface area contributed by atoms with E-state index < -0.39 is 7.43 Å². The molecule has 4 heteroatoms. The molecule has 1 aromatic rings. The molecule has 0 radical (unpaired) electrons. The Morgan fingerprint density at radius 2 is 1.71 bits per heavy atom. The fraction of sp³-hybridized carbons (Fsp3) is 0.538. The van der Waals surface area contributed by atoms with E-state index in [9.17, 15) is 0 Å². The lowest BCUT2D eigenvalue weighted by Crippen LogP contribution is -2.11. The van der Waals surface area contributed by atoms with Crippen molar-refractivity contribution in [2.24, 2.45) is 0 Å². The number of hydrogen-bond donors (Lipinski definition) is 0. The third kappa shape index (κ3) is 6.16. The van der Waals surface area contributed by atoms with E-state index in [1.54, 1.807) is 0 Å². The second-order valence-corrected chi connectivity index (χ2v) is 10.2. The molecular weight excluding hydrogens is 268 g/mol. The highest BCUT2D eigenvalue weighted by Crippen LogP contribution is 2.47. The highest BCUT2D eigenvalue weighted by Gasteiger charge is 2.12. The minimum Gasteiger partial charge on any atom is -0.268 e.